The van der Waals surface area contributed by atoms with Crippen molar-refractivity contribution in [1.29, 1.82) is 0 Å². The Hall–Kier alpha value is -2.43. The van der Waals surface area contributed by atoms with Crippen LogP contribution < -0.4 is 15.8 Å². The van der Waals surface area contributed by atoms with E-state index in [1.54, 1.807) is 12.1 Å². The Labute approximate surface area is 165 Å². The highest BCUT2D eigenvalue weighted by Crippen LogP contribution is 2.21. The number of nitrogens with two attached hydrogens (primary N) is 1. The van der Waals surface area contributed by atoms with E-state index < -0.39 is 16.0 Å². The first kappa shape index (κ1) is 20.9. The summed E-state index contributed by atoms with van der Waals surface area (Å²) >= 11 is 3.32. The van der Waals surface area contributed by atoms with Crippen LogP contribution in [-0.2, 0) is 19.6 Å². The lowest BCUT2D eigenvalue weighted by molar-refractivity contribution is -0.115. The molecular weight excluding hydrogens is 438 g/mol. The lowest BCUT2D eigenvalue weighted by atomic mass is 10.1. The minimum Gasteiger partial charge on any atom is -0.465 e. The molecule has 0 radical (unpaired) electrons. The molecule has 1 amide bonds. The molecule has 27 heavy (non-hydrogen) atoms. The smallest absolute Gasteiger partial charge is 0.340 e. The molecule has 0 atom stereocenters. The third-order valence-electron chi connectivity index (χ3n) is 3.52. The van der Waals surface area contributed by atoms with Crippen molar-refractivity contribution < 1.29 is 22.7 Å². The summed E-state index contributed by atoms with van der Waals surface area (Å²) in [5, 5.41) is 10.8. The fourth-order valence-electron chi connectivity index (χ4n) is 2.20. The molecule has 0 bridgehead atoms. The Balaban J connectivity index is 2.03. The number of carbonyl (C=O) groups is 2. The van der Waals surface area contributed by atoms with Crippen molar-refractivity contribution in [3.63, 3.8) is 0 Å². The van der Waals surface area contributed by atoms with Crippen LogP contribution in [0.15, 0.2) is 51.8 Å². The summed E-state index contributed by atoms with van der Waals surface area (Å²) in [6.45, 7) is 0.223. The van der Waals surface area contributed by atoms with Crippen LogP contribution in [0.4, 0.5) is 11.4 Å². The van der Waals surface area contributed by atoms with E-state index in [2.05, 4.69) is 31.3 Å². The van der Waals surface area contributed by atoms with Gasteiger partial charge < -0.3 is 15.4 Å². The van der Waals surface area contributed by atoms with Gasteiger partial charge in [0, 0.05) is 28.8 Å². The Morgan fingerprint density at radius 3 is 2.41 bits per heavy atom. The average molecular weight is 456 g/mol. The molecule has 0 aromatic heterocycles. The van der Waals surface area contributed by atoms with E-state index in [0.717, 1.165) is 10.5 Å². The fourth-order valence-corrected chi connectivity index (χ4v) is 3.00. The predicted molar refractivity (Wildman–Crippen MR) is 105 cm³/mol. The quantitative estimate of drug-likeness (QED) is 0.549. The summed E-state index contributed by atoms with van der Waals surface area (Å²) < 4.78 is 28.5. The Kier molecular flexibility index (Phi) is 6.94. The highest BCUT2D eigenvalue weighted by atomic mass is 79.9. The van der Waals surface area contributed by atoms with E-state index in [0.29, 0.717) is 11.4 Å². The second-order valence-corrected chi connectivity index (χ2v) is 7.95. The number of benzene rings is 2. The number of carbonyl (C=O) groups excluding carboxylic acids is 2. The number of primary sulfonamides is 1. The van der Waals surface area contributed by atoms with Crippen molar-refractivity contribution >= 4 is 49.2 Å². The predicted octanol–water partition coefficient (Wildman–Crippen LogP) is 2.32. The molecule has 2 aromatic rings. The molecule has 10 heteroatoms. The SMILES string of the molecule is COC(=O)c1cc(S(N)(=O)=O)ccc1NCCC(=O)Nc1ccc(Br)cc1. The molecule has 0 unspecified atom stereocenters. The maximum absolute atomic E-state index is 12.0. The van der Waals surface area contributed by atoms with Gasteiger partial charge in [0.1, 0.15) is 0 Å². The van der Waals surface area contributed by atoms with Gasteiger partial charge >= 0.3 is 5.97 Å². The molecule has 0 fully saturated rings. The number of rotatable bonds is 7. The maximum atomic E-state index is 12.0. The van der Waals surface area contributed by atoms with Crippen LogP contribution in [-0.4, -0.2) is 33.9 Å². The number of hydrogen-bond donors (Lipinski definition) is 3. The van der Waals surface area contributed by atoms with Crippen LogP contribution >= 0.6 is 15.9 Å². The first-order valence-electron chi connectivity index (χ1n) is 7.75. The Morgan fingerprint density at radius 2 is 1.81 bits per heavy atom. The molecule has 0 aliphatic carbocycles. The number of methoxy groups -OCH3 is 1. The highest BCUT2D eigenvalue weighted by Gasteiger charge is 2.17. The van der Waals surface area contributed by atoms with E-state index in [-0.39, 0.29) is 29.3 Å². The topological polar surface area (TPSA) is 128 Å². The third kappa shape index (κ3) is 6.05. The van der Waals surface area contributed by atoms with Gasteiger partial charge in [-0.15, -0.1) is 0 Å². The van der Waals surface area contributed by atoms with Crippen LogP contribution in [0.2, 0.25) is 0 Å². The summed E-state index contributed by atoms with van der Waals surface area (Å²) in [5.74, 6) is -0.937. The molecule has 0 spiro atoms. The van der Waals surface area contributed by atoms with E-state index in [9.17, 15) is 18.0 Å². The van der Waals surface area contributed by atoms with E-state index in [1.807, 2.05) is 12.1 Å². The fraction of sp³-hybridized carbons (Fsp3) is 0.176. The molecule has 144 valence electrons. The summed E-state index contributed by atoms with van der Waals surface area (Å²) in [7, 11) is -2.78. The number of amides is 1. The van der Waals surface area contributed by atoms with Crippen molar-refractivity contribution in [2.75, 3.05) is 24.3 Å². The van der Waals surface area contributed by atoms with Gasteiger partial charge in [0.25, 0.3) is 0 Å². The van der Waals surface area contributed by atoms with Crippen molar-refractivity contribution in [3.05, 3.63) is 52.5 Å². The van der Waals surface area contributed by atoms with E-state index >= 15 is 0 Å². The number of sulfonamides is 1. The Bertz CT molecular complexity index is 946. The van der Waals surface area contributed by atoms with Crippen LogP contribution in [0.5, 0.6) is 0 Å². The van der Waals surface area contributed by atoms with Crippen LogP contribution in [0.1, 0.15) is 16.8 Å². The van der Waals surface area contributed by atoms with Gasteiger partial charge in [-0.2, -0.15) is 0 Å². The van der Waals surface area contributed by atoms with Gasteiger partial charge in [0.15, 0.2) is 0 Å². The van der Waals surface area contributed by atoms with Gasteiger partial charge in [-0.3, -0.25) is 4.79 Å². The standard InChI is InChI=1S/C17H18BrN3O5S/c1-26-17(23)14-10-13(27(19,24)25)6-7-15(14)20-9-8-16(22)21-12-4-2-11(18)3-5-12/h2-7,10,20H,8-9H2,1H3,(H,21,22)(H2,19,24,25). The van der Waals surface area contributed by atoms with Gasteiger partial charge in [-0.25, -0.2) is 18.4 Å². The van der Waals surface area contributed by atoms with E-state index in [4.69, 9.17) is 5.14 Å². The highest BCUT2D eigenvalue weighted by molar-refractivity contribution is 9.10. The first-order valence-corrected chi connectivity index (χ1v) is 10.1. The zero-order valence-electron chi connectivity index (χ0n) is 14.4. The largest absolute Gasteiger partial charge is 0.465 e. The first-order chi connectivity index (χ1) is 12.7. The van der Waals surface area contributed by atoms with Crippen molar-refractivity contribution in [2.24, 2.45) is 5.14 Å². The van der Waals surface area contributed by atoms with Crippen LogP contribution in [0.3, 0.4) is 0 Å². The lowest BCUT2D eigenvalue weighted by Gasteiger charge is -2.12. The second-order valence-electron chi connectivity index (χ2n) is 5.48. The normalized spacial score (nSPS) is 10.9. The molecule has 4 N–H and O–H groups in total. The molecule has 0 aliphatic heterocycles. The maximum Gasteiger partial charge on any atom is 0.340 e. The molecule has 0 aliphatic rings. The summed E-state index contributed by atoms with van der Waals surface area (Å²) in [6, 6.07) is 10.9. The molecule has 2 aromatic carbocycles. The zero-order valence-corrected chi connectivity index (χ0v) is 16.8. The molecule has 0 heterocycles. The minimum absolute atomic E-state index is 0.0114. The average Bonchev–Trinajstić information content (AvgIpc) is 2.62. The van der Waals surface area contributed by atoms with Crippen LogP contribution in [0, 0.1) is 0 Å². The molecule has 8 nitrogen and oxygen atoms in total. The number of esters is 1. The third-order valence-corrected chi connectivity index (χ3v) is 4.96. The summed E-state index contributed by atoms with van der Waals surface area (Å²) in [6.07, 6.45) is 0.133. The zero-order chi connectivity index (χ0) is 20.0. The van der Waals surface area contributed by atoms with Gasteiger partial charge in [-0.1, -0.05) is 15.9 Å². The number of hydrogen-bond acceptors (Lipinski definition) is 6. The molecule has 2 rings (SSSR count). The number of nitrogens with one attached hydrogen (secondary N) is 2. The second kappa shape index (κ2) is 8.98. The minimum atomic E-state index is -3.96. The van der Waals surface area contributed by atoms with Gasteiger partial charge in [0.2, 0.25) is 15.9 Å². The molecular formula is C17H18BrN3O5S. The Morgan fingerprint density at radius 1 is 1.15 bits per heavy atom. The summed E-state index contributed by atoms with van der Waals surface area (Å²) in [4.78, 5) is 23.7. The van der Waals surface area contributed by atoms with E-state index in [1.165, 1.54) is 19.2 Å². The monoisotopic (exact) mass is 455 g/mol. The number of anilines is 2. The summed E-state index contributed by atoms with van der Waals surface area (Å²) in [5.41, 5.74) is 1.01. The number of halogens is 1. The number of ether oxygens (including phenoxy) is 1. The van der Waals surface area contributed by atoms with Crippen molar-refractivity contribution in [2.45, 2.75) is 11.3 Å². The molecule has 0 saturated heterocycles. The molecule has 0 saturated carbocycles. The van der Waals surface area contributed by atoms with Crippen molar-refractivity contribution in [1.82, 2.24) is 0 Å². The lowest BCUT2D eigenvalue weighted by Crippen LogP contribution is -2.18. The van der Waals surface area contributed by atoms with Gasteiger partial charge in [0.05, 0.1) is 17.6 Å². The van der Waals surface area contributed by atoms with Crippen molar-refractivity contribution in [3.8, 4) is 0 Å². The van der Waals surface area contributed by atoms with Crippen LogP contribution in [0.25, 0.3) is 0 Å². The van der Waals surface area contributed by atoms with Gasteiger partial charge in [-0.05, 0) is 42.5 Å².